The SMILES string of the molecule is CCc1ccc(N2N=C(C)/C(=C/c3ccc(OC(C)=O)c(OC)c3)C2=O)cc1. The Bertz CT molecular complexity index is 975. The molecule has 6 nitrogen and oxygen atoms in total. The Morgan fingerprint density at radius 2 is 1.86 bits per heavy atom. The maximum absolute atomic E-state index is 12.9. The lowest BCUT2D eigenvalue weighted by Crippen LogP contribution is -2.21. The van der Waals surface area contributed by atoms with Gasteiger partial charge in [-0.3, -0.25) is 9.59 Å². The van der Waals surface area contributed by atoms with Crippen LogP contribution in [0.4, 0.5) is 5.69 Å². The number of anilines is 1. The quantitative estimate of drug-likeness (QED) is 0.448. The van der Waals surface area contributed by atoms with Gasteiger partial charge in [0, 0.05) is 6.92 Å². The highest BCUT2D eigenvalue weighted by Crippen LogP contribution is 2.30. The van der Waals surface area contributed by atoms with Crippen molar-refractivity contribution in [2.45, 2.75) is 27.2 Å². The molecule has 1 aliphatic rings. The van der Waals surface area contributed by atoms with Crippen molar-refractivity contribution in [1.82, 2.24) is 0 Å². The van der Waals surface area contributed by atoms with E-state index in [1.807, 2.05) is 24.3 Å². The van der Waals surface area contributed by atoms with Crippen LogP contribution in [0.25, 0.3) is 6.08 Å². The van der Waals surface area contributed by atoms with E-state index in [1.165, 1.54) is 24.6 Å². The molecule has 0 fully saturated rings. The smallest absolute Gasteiger partial charge is 0.308 e. The lowest BCUT2D eigenvalue weighted by molar-refractivity contribution is -0.132. The molecule has 1 aliphatic heterocycles. The highest BCUT2D eigenvalue weighted by molar-refractivity contribution is 6.32. The summed E-state index contributed by atoms with van der Waals surface area (Å²) in [5.74, 6) is 0.127. The minimum absolute atomic E-state index is 0.190. The van der Waals surface area contributed by atoms with Crippen LogP contribution >= 0.6 is 0 Å². The molecule has 3 rings (SSSR count). The van der Waals surface area contributed by atoms with Crippen LogP contribution in [-0.2, 0) is 16.0 Å². The summed E-state index contributed by atoms with van der Waals surface area (Å²) in [6, 6.07) is 12.9. The molecule has 0 atom stereocenters. The second-order valence-corrected chi connectivity index (χ2v) is 6.38. The Hall–Kier alpha value is -3.41. The predicted octanol–water partition coefficient (Wildman–Crippen LogP) is 3.99. The van der Waals surface area contributed by atoms with Gasteiger partial charge in [0.25, 0.3) is 5.91 Å². The van der Waals surface area contributed by atoms with Gasteiger partial charge < -0.3 is 9.47 Å². The van der Waals surface area contributed by atoms with Gasteiger partial charge >= 0.3 is 5.97 Å². The maximum Gasteiger partial charge on any atom is 0.308 e. The molecule has 0 saturated heterocycles. The topological polar surface area (TPSA) is 68.2 Å². The van der Waals surface area contributed by atoms with Crippen LogP contribution in [0, 0.1) is 0 Å². The standard InChI is InChI=1S/C22H22N2O4/c1-5-16-6-9-18(10-7-16)24-22(26)19(14(2)23-24)12-17-8-11-20(28-15(3)25)21(13-17)27-4/h6-13H,5H2,1-4H3/b19-12-. The number of hydrazone groups is 1. The second-order valence-electron chi connectivity index (χ2n) is 6.38. The van der Waals surface area contributed by atoms with E-state index in [2.05, 4.69) is 12.0 Å². The van der Waals surface area contributed by atoms with Gasteiger partial charge in [0.05, 0.1) is 24.1 Å². The monoisotopic (exact) mass is 378 g/mol. The fourth-order valence-electron chi connectivity index (χ4n) is 2.91. The summed E-state index contributed by atoms with van der Waals surface area (Å²) in [6.45, 7) is 5.21. The molecule has 0 unspecified atom stereocenters. The molecule has 0 aromatic heterocycles. The summed E-state index contributed by atoms with van der Waals surface area (Å²) in [6.07, 6.45) is 2.69. The number of amides is 1. The van der Waals surface area contributed by atoms with Gasteiger partial charge in [0.2, 0.25) is 0 Å². The molecule has 2 aromatic rings. The van der Waals surface area contributed by atoms with E-state index in [-0.39, 0.29) is 5.91 Å². The van der Waals surface area contributed by atoms with E-state index >= 15 is 0 Å². The Kier molecular flexibility index (Phi) is 5.59. The van der Waals surface area contributed by atoms with Gasteiger partial charge in [-0.1, -0.05) is 25.1 Å². The zero-order valence-electron chi connectivity index (χ0n) is 16.4. The second kappa shape index (κ2) is 8.08. The number of benzene rings is 2. The van der Waals surface area contributed by atoms with Crippen LogP contribution in [0.2, 0.25) is 0 Å². The first-order valence-electron chi connectivity index (χ1n) is 9.00. The molecule has 2 aromatic carbocycles. The Morgan fingerprint density at radius 1 is 1.14 bits per heavy atom. The fraction of sp³-hybridized carbons (Fsp3) is 0.227. The predicted molar refractivity (Wildman–Crippen MR) is 109 cm³/mol. The largest absolute Gasteiger partial charge is 0.493 e. The molecule has 0 aliphatic carbocycles. The van der Waals surface area contributed by atoms with Gasteiger partial charge in [-0.05, 0) is 54.8 Å². The van der Waals surface area contributed by atoms with Crippen molar-refractivity contribution in [3.05, 3.63) is 59.2 Å². The van der Waals surface area contributed by atoms with Crippen molar-refractivity contribution in [1.29, 1.82) is 0 Å². The van der Waals surface area contributed by atoms with E-state index in [0.29, 0.717) is 22.8 Å². The van der Waals surface area contributed by atoms with Gasteiger partial charge in [-0.25, -0.2) is 0 Å². The number of hydrogen-bond acceptors (Lipinski definition) is 5. The van der Waals surface area contributed by atoms with E-state index < -0.39 is 5.97 Å². The van der Waals surface area contributed by atoms with E-state index in [4.69, 9.17) is 9.47 Å². The molecular formula is C22H22N2O4. The first kappa shape index (κ1) is 19.4. The molecule has 0 radical (unpaired) electrons. The number of carbonyl (C=O) groups excluding carboxylic acids is 2. The zero-order chi connectivity index (χ0) is 20.3. The van der Waals surface area contributed by atoms with Crippen molar-refractivity contribution in [2.75, 3.05) is 12.1 Å². The average Bonchev–Trinajstić information content (AvgIpc) is 2.97. The molecule has 28 heavy (non-hydrogen) atoms. The van der Waals surface area contributed by atoms with E-state index in [9.17, 15) is 9.59 Å². The van der Waals surface area contributed by atoms with Crippen LogP contribution in [0.1, 0.15) is 31.9 Å². The van der Waals surface area contributed by atoms with Gasteiger partial charge in [0.15, 0.2) is 11.5 Å². The Morgan fingerprint density at radius 3 is 2.46 bits per heavy atom. The van der Waals surface area contributed by atoms with Gasteiger partial charge in [-0.2, -0.15) is 10.1 Å². The average molecular weight is 378 g/mol. The maximum atomic E-state index is 12.9. The van der Waals surface area contributed by atoms with E-state index in [0.717, 1.165) is 17.7 Å². The summed E-state index contributed by atoms with van der Waals surface area (Å²) in [5, 5.41) is 5.81. The first-order chi connectivity index (χ1) is 13.4. The number of rotatable bonds is 5. The summed E-state index contributed by atoms with van der Waals surface area (Å²) >= 11 is 0. The Labute approximate surface area is 164 Å². The van der Waals surface area contributed by atoms with Crippen molar-refractivity contribution >= 4 is 29.4 Å². The molecule has 0 saturated carbocycles. The normalized spacial score (nSPS) is 15.0. The van der Waals surface area contributed by atoms with Crippen LogP contribution in [0.15, 0.2) is 53.1 Å². The van der Waals surface area contributed by atoms with Crippen molar-refractivity contribution < 1.29 is 19.1 Å². The highest BCUT2D eigenvalue weighted by Gasteiger charge is 2.28. The third-order valence-electron chi connectivity index (χ3n) is 4.40. The van der Waals surface area contributed by atoms with Gasteiger partial charge in [0.1, 0.15) is 0 Å². The summed E-state index contributed by atoms with van der Waals surface area (Å²) in [7, 11) is 1.49. The van der Waals surface area contributed by atoms with E-state index in [1.54, 1.807) is 31.2 Å². The van der Waals surface area contributed by atoms with Crippen LogP contribution in [0.5, 0.6) is 11.5 Å². The lowest BCUT2D eigenvalue weighted by Gasteiger charge is -2.12. The minimum atomic E-state index is -0.428. The van der Waals surface area contributed by atoms with Crippen molar-refractivity contribution in [3.63, 3.8) is 0 Å². The van der Waals surface area contributed by atoms with Crippen molar-refractivity contribution in [2.24, 2.45) is 5.10 Å². The number of aryl methyl sites for hydroxylation is 1. The molecule has 0 N–H and O–H groups in total. The minimum Gasteiger partial charge on any atom is -0.493 e. The zero-order valence-corrected chi connectivity index (χ0v) is 16.4. The summed E-state index contributed by atoms with van der Waals surface area (Å²) in [4.78, 5) is 24.1. The molecule has 6 heteroatoms. The molecule has 0 spiro atoms. The number of carbonyl (C=O) groups is 2. The van der Waals surface area contributed by atoms with Crippen LogP contribution in [0.3, 0.4) is 0 Å². The number of ether oxygens (including phenoxy) is 2. The highest BCUT2D eigenvalue weighted by atomic mass is 16.6. The first-order valence-corrected chi connectivity index (χ1v) is 9.00. The summed E-state index contributed by atoms with van der Waals surface area (Å²) in [5.41, 5.74) is 3.81. The van der Waals surface area contributed by atoms with Crippen LogP contribution in [-0.4, -0.2) is 24.7 Å². The number of nitrogens with zero attached hydrogens (tertiary/aromatic N) is 2. The lowest BCUT2D eigenvalue weighted by atomic mass is 10.1. The molecule has 1 amide bonds. The number of esters is 1. The molecule has 144 valence electrons. The molecule has 0 bridgehead atoms. The molecule has 1 heterocycles. The molecular weight excluding hydrogens is 356 g/mol. The Balaban J connectivity index is 1.89. The number of methoxy groups -OCH3 is 1. The third kappa shape index (κ3) is 3.96. The van der Waals surface area contributed by atoms with Gasteiger partial charge in [-0.15, -0.1) is 0 Å². The van der Waals surface area contributed by atoms with Crippen molar-refractivity contribution in [3.8, 4) is 11.5 Å². The summed E-state index contributed by atoms with van der Waals surface area (Å²) < 4.78 is 10.4. The number of hydrogen-bond donors (Lipinski definition) is 0. The third-order valence-corrected chi connectivity index (χ3v) is 4.40. The fourth-order valence-corrected chi connectivity index (χ4v) is 2.91. The van der Waals surface area contributed by atoms with Crippen LogP contribution < -0.4 is 14.5 Å².